The number of fused-ring (bicyclic) bond motifs is 1. The van der Waals surface area contributed by atoms with Gasteiger partial charge < -0.3 is 5.32 Å². The highest BCUT2D eigenvalue weighted by molar-refractivity contribution is 8.01. The van der Waals surface area contributed by atoms with E-state index < -0.39 is 0 Å². The Morgan fingerprint density at radius 1 is 1.40 bits per heavy atom. The molecule has 0 unspecified atom stereocenters. The average Bonchev–Trinajstić information content (AvgIpc) is 2.60. The third-order valence-corrected chi connectivity index (χ3v) is 4.06. The Bertz CT molecular complexity index is 447. The highest BCUT2D eigenvalue weighted by Gasteiger charge is 2.03. The van der Waals surface area contributed by atoms with Gasteiger partial charge in [-0.05, 0) is 30.9 Å². The van der Waals surface area contributed by atoms with Crippen LogP contribution in [0.15, 0.2) is 22.5 Å². The third kappa shape index (κ3) is 2.44. The van der Waals surface area contributed by atoms with Crippen molar-refractivity contribution in [2.75, 3.05) is 17.6 Å². The van der Waals surface area contributed by atoms with Crippen LogP contribution in [0.1, 0.15) is 13.8 Å². The van der Waals surface area contributed by atoms with Crippen LogP contribution >= 0.6 is 23.1 Å². The van der Waals surface area contributed by atoms with Crippen LogP contribution in [0.5, 0.6) is 0 Å². The van der Waals surface area contributed by atoms with Crippen molar-refractivity contribution in [2.45, 2.75) is 18.2 Å². The molecule has 1 heterocycles. The van der Waals surface area contributed by atoms with Crippen molar-refractivity contribution < 1.29 is 0 Å². The zero-order chi connectivity index (χ0) is 10.7. The van der Waals surface area contributed by atoms with Gasteiger partial charge >= 0.3 is 0 Å². The Hall–Kier alpha value is -0.740. The van der Waals surface area contributed by atoms with Crippen LogP contribution in [-0.2, 0) is 0 Å². The van der Waals surface area contributed by atoms with Gasteiger partial charge in [0.2, 0.25) is 0 Å². The molecule has 0 saturated heterocycles. The van der Waals surface area contributed by atoms with E-state index in [0.29, 0.717) is 0 Å². The van der Waals surface area contributed by atoms with E-state index in [1.54, 1.807) is 11.3 Å². The number of aromatic nitrogens is 1. The Balaban J connectivity index is 2.34. The largest absolute Gasteiger partial charge is 0.385 e. The molecular formula is C11H14N2S2. The lowest BCUT2D eigenvalue weighted by Crippen LogP contribution is -1.95. The molecule has 2 rings (SSSR count). The number of anilines is 1. The topological polar surface area (TPSA) is 24.9 Å². The molecule has 1 aromatic carbocycles. The van der Waals surface area contributed by atoms with Crippen molar-refractivity contribution in [3.8, 4) is 0 Å². The summed E-state index contributed by atoms with van der Waals surface area (Å²) >= 11 is 3.58. The van der Waals surface area contributed by atoms with Gasteiger partial charge in [-0.25, -0.2) is 4.98 Å². The Kier molecular flexibility index (Phi) is 3.49. The van der Waals surface area contributed by atoms with Gasteiger partial charge in [-0.15, -0.1) is 11.3 Å². The van der Waals surface area contributed by atoms with Gasteiger partial charge in [-0.3, -0.25) is 0 Å². The van der Waals surface area contributed by atoms with E-state index in [1.165, 1.54) is 14.7 Å². The fourth-order valence-electron chi connectivity index (χ4n) is 1.40. The lowest BCUT2D eigenvalue weighted by Gasteiger charge is -2.00. The molecule has 0 aliphatic rings. The maximum absolute atomic E-state index is 4.56. The normalized spacial score (nSPS) is 10.8. The highest BCUT2D eigenvalue weighted by Crippen LogP contribution is 2.30. The van der Waals surface area contributed by atoms with Crippen molar-refractivity contribution in [3.05, 3.63) is 18.2 Å². The average molecular weight is 238 g/mol. The van der Waals surface area contributed by atoms with Gasteiger partial charge in [-0.1, -0.05) is 18.7 Å². The second-order valence-corrected chi connectivity index (χ2v) is 5.67. The monoisotopic (exact) mass is 238 g/mol. The molecule has 0 atom stereocenters. The second kappa shape index (κ2) is 4.86. The predicted octanol–water partition coefficient (Wildman–Crippen LogP) is 3.84. The van der Waals surface area contributed by atoms with Crippen LogP contribution < -0.4 is 5.32 Å². The molecule has 1 N–H and O–H groups in total. The Morgan fingerprint density at radius 2 is 2.27 bits per heavy atom. The minimum atomic E-state index is 0.959. The first kappa shape index (κ1) is 10.8. The molecule has 1 aromatic heterocycles. The number of benzene rings is 1. The minimum absolute atomic E-state index is 0.959. The molecule has 0 radical (unpaired) electrons. The van der Waals surface area contributed by atoms with Crippen LogP contribution in [0.2, 0.25) is 0 Å². The molecule has 0 aliphatic heterocycles. The number of rotatable bonds is 4. The SMILES string of the molecule is CCNc1ccc2nc(SCC)sc2c1. The van der Waals surface area contributed by atoms with E-state index in [4.69, 9.17) is 0 Å². The van der Waals surface area contributed by atoms with Crippen LogP contribution in [0.25, 0.3) is 10.2 Å². The maximum Gasteiger partial charge on any atom is 0.151 e. The minimum Gasteiger partial charge on any atom is -0.385 e. The van der Waals surface area contributed by atoms with Gasteiger partial charge in [0.05, 0.1) is 10.2 Å². The number of nitrogens with zero attached hydrogens (tertiary/aromatic N) is 1. The molecular weight excluding hydrogens is 224 g/mol. The molecule has 0 bridgehead atoms. The van der Waals surface area contributed by atoms with E-state index in [-0.39, 0.29) is 0 Å². The summed E-state index contributed by atoms with van der Waals surface area (Å²) in [5.41, 5.74) is 2.29. The van der Waals surface area contributed by atoms with E-state index >= 15 is 0 Å². The molecule has 80 valence electrons. The quantitative estimate of drug-likeness (QED) is 0.819. The van der Waals surface area contributed by atoms with E-state index in [2.05, 4.69) is 42.3 Å². The fraction of sp³-hybridized carbons (Fsp3) is 0.364. The molecule has 0 saturated carbocycles. The van der Waals surface area contributed by atoms with Gasteiger partial charge in [0.1, 0.15) is 0 Å². The smallest absolute Gasteiger partial charge is 0.151 e. The molecule has 0 spiro atoms. The number of thioether (sulfide) groups is 1. The van der Waals surface area contributed by atoms with Crippen LogP contribution in [0.3, 0.4) is 0 Å². The summed E-state index contributed by atoms with van der Waals surface area (Å²) in [5, 5.41) is 3.31. The molecule has 15 heavy (non-hydrogen) atoms. The number of hydrogen-bond acceptors (Lipinski definition) is 4. The van der Waals surface area contributed by atoms with Crippen molar-refractivity contribution >= 4 is 39.0 Å². The van der Waals surface area contributed by atoms with Crippen molar-refractivity contribution in [3.63, 3.8) is 0 Å². The second-order valence-electron chi connectivity index (χ2n) is 3.13. The lowest BCUT2D eigenvalue weighted by molar-refractivity contribution is 1.21. The highest BCUT2D eigenvalue weighted by atomic mass is 32.2. The summed E-state index contributed by atoms with van der Waals surface area (Å²) in [6.45, 7) is 5.22. The Labute approximate surface area is 98.1 Å². The zero-order valence-corrected chi connectivity index (χ0v) is 10.5. The number of hydrogen-bond donors (Lipinski definition) is 1. The first-order valence-electron chi connectivity index (χ1n) is 5.10. The molecule has 0 fully saturated rings. The molecule has 2 aromatic rings. The standard InChI is InChI=1S/C11H14N2S2/c1-3-12-8-5-6-9-10(7-8)15-11(13-9)14-4-2/h5-7,12H,3-4H2,1-2H3. The predicted molar refractivity (Wildman–Crippen MR) is 70.2 cm³/mol. The van der Waals surface area contributed by atoms with Gasteiger partial charge in [-0.2, -0.15) is 0 Å². The van der Waals surface area contributed by atoms with Crippen LogP contribution in [0.4, 0.5) is 5.69 Å². The van der Waals surface area contributed by atoms with Gasteiger partial charge in [0, 0.05) is 12.2 Å². The number of thiazole rings is 1. The van der Waals surface area contributed by atoms with Crippen molar-refractivity contribution in [1.29, 1.82) is 0 Å². The summed E-state index contributed by atoms with van der Waals surface area (Å²) in [4.78, 5) is 4.56. The summed E-state index contributed by atoms with van der Waals surface area (Å²) in [5.74, 6) is 1.08. The maximum atomic E-state index is 4.56. The molecule has 0 aliphatic carbocycles. The lowest BCUT2D eigenvalue weighted by atomic mass is 10.3. The first-order chi connectivity index (χ1) is 7.33. The summed E-state index contributed by atoms with van der Waals surface area (Å²) in [6, 6.07) is 6.35. The van der Waals surface area contributed by atoms with E-state index in [0.717, 1.165) is 17.8 Å². The van der Waals surface area contributed by atoms with E-state index in [1.807, 2.05) is 11.8 Å². The fourth-order valence-corrected chi connectivity index (χ4v) is 3.41. The summed E-state index contributed by atoms with van der Waals surface area (Å²) in [7, 11) is 0. The molecule has 0 amide bonds. The van der Waals surface area contributed by atoms with Crippen LogP contribution in [0, 0.1) is 0 Å². The summed E-state index contributed by atoms with van der Waals surface area (Å²) < 4.78 is 2.44. The van der Waals surface area contributed by atoms with Gasteiger partial charge in [0.15, 0.2) is 4.34 Å². The number of nitrogens with one attached hydrogen (secondary N) is 1. The third-order valence-electron chi connectivity index (χ3n) is 2.02. The zero-order valence-electron chi connectivity index (χ0n) is 8.91. The molecule has 4 heteroatoms. The Morgan fingerprint density at radius 3 is 3.00 bits per heavy atom. The van der Waals surface area contributed by atoms with E-state index in [9.17, 15) is 0 Å². The first-order valence-corrected chi connectivity index (χ1v) is 6.91. The van der Waals surface area contributed by atoms with Gasteiger partial charge in [0.25, 0.3) is 0 Å². The summed E-state index contributed by atoms with van der Waals surface area (Å²) in [6.07, 6.45) is 0. The molecule has 2 nitrogen and oxygen atoms in total. The van der Waals surface area contributed by atoms with Crippen molar-refractivity contribution in [1.82, 2.24) is 4.98 Å². The van der Waals surface area contributed by atoms with Crippen LogP contribution in [-0.4, -0.2) is 17.3 Å². The van der Waals surface area contributed by atoms with Crippen molar-refractivity contribution in [2.24, 2.45) is 0 Å².